The maximum Gasteiger partial charge on any atom is 0.269 e. The van der Waals surface area contributed by atoms with Crippen LogP contribution in [0.3, 0.4) is 0 Å². The van der Waals surface area contributed by atoms with E-state index in [1.807, 2.05) is 30.3 Å². The number of hydrogen-bond acceptors (Lipinski definition) is 8. The van der Waals surface area contributed by atoms with Crippen molar-refractivity contribution >= 4 is 43.2 Å². The molecule has 2 aliphatic rings. The van der Waals surface area contributed by atoms with E-state index >= 15 is 4.11 Å². The van der Waals surface area contributed by atoms with E-state index in [0.717, 1.165) is 5.56 Å². The maximum atomic E-state index is 16.5. The molecule has 12 nitrogen and oxygen atoms in total. The number of nitrogens with zero attached hydrogens (tertiary/aromatic N) is 3. The molecule has 0 unspecified atom stereocenters. The number of amides is 3. The largest absolute Gasteiger partial charge is 0.497 e. The predicted octanol–water partition coefficient (Wildman–Crippen LogP) is 6.59. The van der Waals surface area contributed by atoms with Gasteiger partial charge in [-0.3, -0.25) is 24.5 Å². The van der Waals surface area contributed by atoms with Gasteiger partial charge in [-0.05, 0) is 66.7 Å². The highest BCUT2D eigenvalue weighted by Gasteiger charge is 2.67. The third-order valence-electron chi connectivity index (χ3n) is 10.3. The topological polar surface area (TPSA) is 152 Å². The van der Waals surface area contributed by atoms with E-state index in [1.165, 1.54) is 48.2 Å². The number of aliphatic hydroxyl groups is 1. The molecule has 0 aromatic heterocycles. The molecule has 1 saturated heterocycles. The molecule has 0 saturated carbocycles. The Kier molecular flexibility index (Phi) is 11.0. The van der Waals surface area contributed by atoms with Gasteiger partial charge in [0.1, 0.15) is 5.75 Å². The number of anilines is 2. The number of non-ortho nitro benzene ring substituents is 1. The van der Waals surface area contributed by atoms with E-state index < -0.39 is 42.4 Å². The monoisotopic (exact) mass is 754 g/mol. The first-order valence-electron chi connectivity index (χ1n) is 17.7. The molecule has 4 atom stereocenters. The fraction of sp³-hybridized carbons (Fsp3) is 0.325. The van der Waals surface area contributed by atoms with E-state index in [4.69, 9.17) is 9.47 Å². The van der Waals surface area contributed by atoms with Gasteiger partial charge in [0.25, 0.3) is 17.5 Å². The fourth-order valence-electron chi connectivity index (χ4n) is 7.90. The standard InChI is InChI=1S/C40H43FN4O8Si/c1-26-37(54(3,4)41)35(23-36(47)43(19-20-46)24-27-9-6-5-7-10-27)53-40(26)33-22-31(45(50)51)15-18-34(33)44(39(40)49)25-28-11-8-12-30(21-28)42-38(48)29-13-16-32(52-2)17-14-29/h5-18,21-22,26,35,37,46H,19-20,23-25H2,1-4H3,(H,42,48)/t26-,35+,37-,40+/m0/s1. The summed E-state index contributed by atoms with van der Waals surface area (Å²) in [6.07, 6.45) is -1.28. The van der Waals surface area contributed by atoms with Crippen LogP contribution in [0.5, 0.6) is 5.75 Å². The molecule has 6 rings (SSSR count). The average molecular weight is 755 g/mol. The summed E-state index contributed by atoms with van der Waals surface area (Å²) in [5.74, 6) is -1.42. The van der Waals surface area contributed by atoms with E-state index in [2.05, 4.69) is 5.32 Å². The molecule has 282 valence electrons. The van der Waals surface area contributed by atoms with Crippen molar-refractivity contribution in [3.63, 3.8) is 0 Å². The van der Waals surface area contributed by atoms with Crippen LogP contribution >= 0.6 is 0 Å². The zero-order valence-electron chi connectivity index (χ0n) is 30.5. The van der Waals surface area contributed by atoms with Gasteiger partial charge in [0.2, 0.25) is 14.3 Å². The van der Waals surface area contributed by atoms with Gasteiger partial charge >= 0.3 is 0 Å². The Bertz CT molecular complexity index is 2040. The number of fused-ring (bicyclic) bond motifs is 2. The Hall–Kier alpha value is -5.44. The molecule has 14 heteroatoms. The molecule has 1 fully saturated rings. The molecule has 0 aliphatic carbocycles. The van der Waals surface area contributed by atoms with Gasteiger partial charge in [-0.2, -0.15) is 0 Å². The lowest BCUT2D eigenvalue weighted by molar-refractivity contribution is -0.385. The lowest BCUT2D eigenvalue weighted by Gasteiger charge is -2.31. The number of nitrogens with one attached hydrogen (secondary N) is 1. The summed E-state index contributed by atoms with van der Waals surface area (Å²) in [5, 5.41) is 24.7. The summed E-state index contributed by atoms with van der Waals surface area (Å²) in [7, 11) is -2.14. The van der Waals surface area contributed by atoms with Crippen LogP contribution in [0.4, 0.5) is 21.2 Å². The average Bonchev–Trinajstić information content (AvgIpc) is 3.57. The van der Waals surface area contributed by atoms with E-state index in [0.29, 0.717) is 28.3 Å². The number of aliphatic hydroxyl groups excluding tert-OH is 1. The van der Waals surface area contributed by atoms with Crippen LogP contribution in [0.1, 0.15) is 40.4 Å². The Morgan fingerprint density at radius 1 is 1.04 bits per heavy atom. The van der Waals surface area contributed by atoms with Crippen molar-refractivity contribution in [3.8, 4) is 5.75 Å². The summed E-state index contributed by atoms with van der Waals surface area (Å²) >= 11 is 0. The van der Waals surface area contributed by atoms with Crippen molar-refractivity contribution in [1.29, 1.82) is 0 Å². The highest BCUT2D eigenvalue weighted by atomic mass is 28.4. The minimum atomic E-state index is -3.67. The van der Waals surface area contributed by atoms with Gasteiger partial charge in [0.05, 0.1) is 43.4 Å². The minimum Gasteiger partial charge on any atom is -0.497 e. The number of benzene rings is 4. The van der Waals surface area contributed by atoms with Gasteiger partial charge in [-0.15, -0.1) is 0 Å². The molecule has 4 aromatic rings. The predicted molar refractivity (Wildman–Crippen MR) is 203 cm³/mol. The first-order chi connectivity index (χ1) is 25.8. The second-order valence-electron chi connectivity index (χ2n) is 14.2. The van der Waals surface area contributed by atoms with Gasteiger partial charge in [-0.1, -0.05) is 49.4 Å². The summed E-state index contributed by atoms with van der Waals surface area (Å²) in [5.41, 5.74) is 0.112. The van der Waals surface area contributed by atoms with Crippen LogP contribution in [0.2, 0.25) is 18.6 Å². The number of methoxy groups -OCH3 is 1. The van der Waals surface area contributed by atoms with Crippen molar-refractivity contribution in [3.05, 3.63) is 129 Å². The highest BCUT2D eigenvalue weighted by Crippen LogP contribution is 2.60. The number of carbonyl (C=O) groups excluding carboxylic acids is 3. The molecule has 1 spiro atoms. The van der Waals surface area contributed by atoms with Crippen LogP contribution in [0.15, 0.2) is 97.1 Å². The third-order valence-corrected chi connectivity index (χ3v) is 12.8. The molecule has 2 heterocycles. The summed E-state index contributed by atoms with van der Waals surface area (Å²) in [6, 6.07) is 27.0. The first-order valence-corrected chi connectivity index (χ1v) is 20.7. The number of hydrogen-bond donors (Lipinski definition) is 2. The number of halogens is 1. The van der Waals surface area contributed by atoms with E-state index in [1.54, 1.807) is 55.5 Å². The van der Waals surface area contributed by atoms with Crippen molar-refractivity contribution in [2.45, 2.75) is 56.8 Å². The molecule has 4 aromatic carbocycles. The molecule has 0 radical (unpaired) electrons. The van der Waals surface area contributed by atoms with Crippen LogP contribution in [0, 0.1) is 16.0 Å². The summed E-state index contributed by atoms with van der Waals surface area (Å²) in [6.45, 7) is 4.74. The number of ether oxygens (including phenoxy) is 2. The van der Waals surface area contributed by atoms with Crippen LogP contribution < -0.4 is 15.0 Å². The summed E-state index contributed by atoms with van der Waals surface area (Å²) < 4.78 is 28.3. The fourth-order valence-corrected chi connectivity index (χ4v) is 10.4. The van der Waals surface area contributed by atoms with Gasteiger partial charge in [0, 0.05) is 53.5 Å². The van der Waals surface area contributed by atoms with Crippen molar-refractivity contribution < 1.29 is 38.0 Å². The molecule has 2 aliphatic heterocycles. The Morgan fingerprint density at radius 2 is 1.74 bits per heavy atom. The molecule has 3 amide bonds. The zero-order valence-corrected chi connectivity index (χ0v) is 31.5. The van der Waals surface area contributed by atoms with Gasteiger partial charge < -0.3 is 33.8 Å². The van der Waals surface area contributed by atoms with Gasteiger partial charge in [0.15, 0.2) is 5.60 Å². The molecule has 2 N–H and O–H groups in total. The number of carbonyl (C=O) groups is 3. The number of nitro groups is 1. The molecule has 54 heavy (non-hydrogen) atoms. The second kappa shape index (κ2) is 15.5. The quantitative estimate of drug-likeness (QED) is 0.0672. The normalized spacial score (nSPS) is 20.5. The maximum absolute atomic E-state index is 16.5. The van der Waals surface area contributed by atoms with E-state index in [9.17, 15) is 29.6 Å². The molecular weight excluding hydrogens is 712 g/mol. The minimum absolute atomic E-state index is 0.0137. The van der Waals surface area contributed by atoms with Crippen molar-refractivity contribution in [2.75, 3.05) is 30.5 Å². The van der Waals surface area contributed by atoms with E-state index in [-0.39, 0.29) is 55.7 Å². The van der Waals surface area contributed by atoms with Gasteiger partial charge in [-0.25, -0.2) is 0 Å². The van der Waals surface area contributed by atoms with Crippen molar-refractivity contribution in [2.24, 2.45) is 5.92 Å². The lowest BCUT2D eigenvalue weighted by Crippen LogP contribution is -2.45. The van der Waals surface area contributed by atoms with Crippen LogP contribution in [0.25, 0.3) is 0 Å². The molecule has 0 bridgehead atoms. The number of rotatable bonds is 13. The third kappa shape index (κ3) is 7.49. The zero-order chi connectivity index (χ0) is 38.8. The lowest BCUT2D eigenvalue weighted by atomic mass is 9.82. The van der Waals surface area contributed by atoms with Crippen LogP contribution in [-0.4, -0.2) is 67.4 Å². The second-order valence-corrected chi connectivity index (χ2v) is 18.0. The smallest absolute Gasteiger partial charge is 0.269 e. The first kappa shape index (κ1) is 38.3. The van der Waals surface area contributed by atoms with Crippen LogP contribution in [-0.2, 0) is 33.0 Å². The summed E-state index contributed by atoms with van der Waals surface area (Å²) in [4.78, 5) is 56.2. The Labute approximate surface area is 313 Å². The SMILES string of the molecule is COc1ccc(C(=O)Nc2cccc(CN3C(=O)[C@]4(O[C@H](CC(=O)N(CCO)Cc5ccccc5)[C@@H]([Si](C)(C)F)[C@@H]4C)c4cc([N+](=O)[O-])ccc43)c2)cc1. The number of nitro benzene ring substituents is 1. The Morgan fingerprint density at radius 3 is 2.39 bits per heavy atom. The Balaban J connectivity index is 1.32. The molecular formula is C40H43FN4O8Si. The highest BCUT2D eigenvalue weighted by molar-refractivity contribution is 6.72. The van der Waals surface area contributed by atoms with Crippen molar-refractivity contribution in [1.82, 2.24) is 4.90 Å².